The first-order chi connectivity index (χ1) is 13.9. The Hall–Kier alpha value is -3.37. The van der Waals surface area contributed by atoms with Gasteiger partial charge in [-0.2, -0.15) is 0 Å². The predicted molar refractivity (Wildman–Crippen MR) is 119 cm³/mol. The fourth-order valence-corrected chi connectivity index (χ4v) is 4.85. The van der Waals surface area contributed by atoms with Gasteiger partial charge in [-0.3, -0.25) is 4.57 Å². The van der Waals surface area contributed by atoms with E-state index in [0.29, 0.717) is 0 Å². The molecule has 1 unspecified atom stereocenters. The number of allylic oxidation sites excluding steroid dienone is 1. The van der Waals surface area contributed by atoms with Crippen LogP contribution in [0.1, 0.15) is 11.7 Å². The van der Waals surface area contributed by atoms with Crippen molar-refractivity contribution >= 4 is 49.1 Å². The smallest absolute Gasteiger partial charge is 0.146 e. The molecule has 134 valence electrons. The minimum atomic E-state index is -0.0812. The highest BCUT2D eigenvalue weighted by atomic mass is 32.1. The Morgan fingerprint density at radius 2 is 1.71 bits per heavy atom. The SMILES string of the molecule is C1=CC(n2c3ccccc3c3cc4sccc4cc32)=NC(c2ccccc2)N1. The summed E-state index contributed by atoms with van der Waals surface area (Å²) < 4.78 is 3.61. The lowest BCUT2D eigenvalue weighted by Gasteiger charge is -2.20. The fourth-order valence-electron chi connectivity index (χ4n) is 4.04. The Morgan fingerprint density at radius 3 is 2.64 bits per heavy atom. The van der Waals surface area contributed by atoms with E-state index in [1.54, 1.807) is 11.3 Å². The van der Waals surface area contributed by atoms with Crippen LogP contribution >= 0.6 is 11.3 Å². The van der Waals surface area contributed by atoms with Crippen LogP contribution in [0.25, 0.3) is 31.9 Å². The summed E-state index contributed by atoms with van der Waals surface area (Å²) in [5.41, 5.74) is 3.54. The highest BCUT2D eigenvalue weighted by molar-refractivity contribution is 7.17. The Morgan fingerprint density at radius 1 is 0.857 bits per heavy atom. The molecule has 28 heavy (non-hydrogen) atoms. The number of benzene rings is 3. The first-order valence-electron chi connectivity index (χ1n) is 9.35. The molecule has 5 aromatic rings. The summed E-state index contributed by atoms with van der Waals surface area (Å²) >= 11 is 1.79. The molecule has 0 spiro atoms. The van der Waals surface area contributed by atoms with Gasteiger partial charge in [-0.1, -0.05) is 48.5 Å². The molecule has 0 saturated heterocycles. The summed E-state index contributed by atoms with van der Waals surface area (Å²) in [7, 11) is 0. The van der Waals surface area contributed by atoms with Gasteiger partial charge in [-0.25, -0.2) is 4.99 Å². The third-order valence-corrected chi connectivity index (χ3v) is 6.22. The van der Waals surface area contributed by atoms with Crippen molar-refractivity contribution in [1.29, 1.82) is 0 Å². The predicted octanol–water partition coefficient (Wildman–Crippen LogP) is 6.07. The van der Waals surface area contributed by atoms with Crippen molar-refractivity contribution in [3.8, 4) is 0 Å². The van der Waals surface area contributed by atoms with Crippen molar-refractivity contribution in [1.82, 2.24) is 9.88 Å². The van der Waals surface area contributed by atoms with Gasteiger partial charge in [0.1, 0.15) is 12.0 Å². The maximum atomic E-state index is 5.05. The van der Waals surface area contributed by atoms with Gasteiger partial charge in [0, 0.05) is 21.7 Å². The lowest BCUT2D eigenvalue weighted by molar-refractivity contribution is 0.646. The van der Waals surface area contributed by atoms with Gasteiger partial charge < -0.3 is 5.32 Å². The minimum absolute atomic E-state index is 0.0812. The van der Waals surface area contributed by atoms with Crippen LogP contribution in [0.3, 0.4) is 0 Å². The second-order valence-electron chi connectivity index (χ2n) is 6.98. The number of thiophene rings is 1. The summed E-state index contributed by atoms with van der Waals surface area (Å²) in [6.45, 7) is 0. The molecule has 0 saturated carbocycles. The molecule has 2 aromatic heterocycles. The summed E-state index contributed by atoms with van der Waals surface area (Å²) in [6, 6.07) is 25.7. The second-order valence-corrected chi connectivity index (χ2v) is 7.93. The lowest BCUT2D eigenvalue weighted by Crippen LogP contribution is -2.23. The molecule has 3 aromatic carbocycles. The standard InChI is InChI=1S/C24H17N3S/c1-2-6-16(7-3-1)24-25-12-10-23(26-24)27-20-9-5-4-8-18(20)19-15-22-17(11-13-28-22)14-21(19)27/h1-15,24-25H. The molecule has 0 bridgehead atoms. The van der Waals surface area contributed by atoms with Crippen molar-refractivity contribution in [3.63, 3.8) is 0 Å². The number of hydrogen-bond acceptors (Lipinski definition) is 3. The molecule has 1 N–H and O–H groups in total. The molecule has 6 rings (SSSR count). The van der Waals surface area contributed by atoms with Crippen LogP contribution in [0.5, 0.6) is 0 Å². The van der Waals surface area contributed by atoms with Gasteiger partial charge in [0.15, 0.2) is 0 Å². The molecule has 1 atom stereocenters. The first-order valence-corrected chi connectivity index (χ1v) is 10.2. The van der Waals surface area contributed by atoms with Crippen LogP contribution in [-0.2, 0) is 0 Å². The second kappa shape index (κ2) is 6.08. The first kappa shape index (κ1) is 15.7. The van der Waals surface area contributed by atoms with Crippen LogP contribution in [0.4, 0.5) is 0 Å². The summed E-state index contributed by atoms with van der Waals surface area (Å²) in [5, 5.41) is 9.34. The topological polar surface area (TPSA) is 29.3 Å². The number of aromatic nitrogens is 1. The Labute approximate surface area is 166 Å². The molecular formula is C24H17N3S. The highest BCUT2D eigenvalue weighted by Gasteiger charge is 2.18. The molecule has 4 heteroatoms. The average Bonchev–Trinajstić information content (AvgIpc) is 3.34. The lowest BCUT2D eigenvalue weighted by atomic mass is 10.1. The number of nitrogens with one attached hydrogen (secondary N) is 1. The Kier molecular flexibility index (Phi) is 3.40. The van der Waals surface area contributed by atoms with E-state index in [0.717, 1.165) is 11.4 Å². The van der Waals surface area contributed by atoms with Crippen molar-refractivity contribution in [2.45, 2.75) is 6.17 Å². The molecule has 3 nitrogen and oxygen atoms in total. The van der Waals surface area contributed by atoms with E-state index in [-0.39, 0.29) is 6.17 Å². The molecule has 1 aliphatic rings. The van der Waals surface area contributed by atoms with Crippen LogP contribution < -0.4 is 5.32 Å². The fraction of sp³-hybridized carbons (Fsp3) is 0.0417. The van der Waals surface area contributed by atoms with Gasteiger partial charge in [-0.15, -0.1) is 11.3 Å². The number of para-hydroxylation sites is 1. The summed E-state index contributed by atoms with van der Waals surface area (Å²) in [5.74, 6) is 0.952. The van der Waals surface area contributed by atoms with E-state index in [9.17, 15) is 0 Å². The van der Waals surface area contributed by atoms with E-state index in [1.165, 1.54) is 31.9 Å². The molecule has 0 amide bonds. The number of rotatable bonds is 1. The van der Waals surface area contributed by atoms with Crippen LogP contribution in [-0.4, -0.2) is 10.4 Å². The van der Waals surface area contributed by atoms with E-state index in [1.807, 2.05) is 12.3 Å². The molecule has 0 aliphatic carbocycles. The molecule has 1 aliphatic heterocycles. The highest BCUT2D eigenvalue weighted by Crippen LogP contribution is 2.34. The van der Waals surface area contributed by atoms with E-state index < -0.39 is 0 Å². The van der Waals surface area contributed by atoms with Crippen molar-refractivity contribution in [2.24, 2.45) is 4.99 Å². The van der Waals surface area contributed by atoms with Crippen molar-refractivity contribution in [2.75, 3.05) is 0 Å². The Balaban J connectivity index is 1.64. The molecule has 0 fully saturated rings. The zero-order valence-electron chi connectivity index (χ0n) is 15.0. The molecule has 0 radical (unpaired) electrons. The van der Waals surface area contributed by atoms with Crippen molar-refractivity contribution in [3.05, 3.63) is 96.0 Å². The third-order valence-electron chi connectivity index (χ3n) is 5.34. The van der Waals surface area contributed by atoms with Gasteiger partial charge in [0.05, 0.1) is 11.0 Å². The average molecular weight is 379 g/mol. The van der Waals surface area contributed by atoms with Crippen molar-refractivity contribution < 1.29 is 0 Å². The van der Waals surface area contributed by atoms with E-state index >= 15 is 0 Å². The minimum Gasteiger partial charge on any atom is -0.366 e. The molecular weight excluding hydrogens is 362 g/mol. The third kappa shape index (κ3) is 2.31. The van der Waals surface area contributed by atoms with E-state index in [2.05, 4.69) is 88.1 Å². The van der Waals surface area contributed by atoms with E-state index in [4.69, 9.17) is 4.99 Å². The van der Waals surface area contributed by atoms with Gasteiger partial charge in [-0.05, 0) is 46.7 Å². The largest absolute Gasteiger partial charge is 0.366 e. The monoisotopic (exact) mass is 379 g/mol. The number of fused-ring (bicyclic) bond motifs is 4. The zero-order valence-corrected chi connectivity index (χ0v) is 15.9. The normalized spacial score (nSPS) is 16.6. The number of aliphatic imine (C=N–C) groups is 1. The summed E-state index contributed by atoms with van der Waals surface area (Å²) in [6.07, 6.45) is 3.98. The maximum absolute atomic E-state index is 5.05. The summed E-state index contributed by atoms with van der Waals surface area (Å²) in [4.78, 5) is 5.05. The number of hydrogen-bond donors (Lipinski definition) is 1. The van der Waals surface area contributed by atoms with Gasteiger partial charge >= 0.3 is 0 Å². The quantitative estimate of drug-likeness (QED) is 0.376. The van der Waals surface area contributed by atoms with Crippen LogP contribution in [0.15, 0.2) is 95.4 Å². The molecule has 3 heterocycles. The van der Waals surface area contributed by atoms with Crippen LogP contribution in [0.2, 0.25) is 0 Å². The van der Waals surface area contributed by atoms with Gasteiger partial charge in [0.2, 0.25) is 0 Å². The maximum Gasteiger partial charge on any atom is 0.146 e. The van der Waals surface area contributed by atoms with Gasteiger partial charge in [0.25, 0.3) is 0 Å². The Bertz CT molecular complexity index is 1390. The number of nitrogens with zero attached hydrogens (tertiary/aromatic N) is 2. The zero-order chi connectivity index (χ0) is 18.5. The van der Waals surface area contributed by atoms with Crippen LogP contribution in [0, 0.1) is 0 Å².